The Labute approximate surface area is 71.7 Å². The minimum Gasteiger partial charge on any atom is -0.311 e. The van der Waals surface area contributed by atoms with Crippen LogP contribution in [0.3, 0.4) is 0 Å². The van der Waals surface area contributed by atoms with Gasteiger partial charge in [0.05, 0.1) is 0 Å². The van der Waals surface area contributed by atoms with Gasteiger partial charge < -0.3 is 5.32 Å². The molecule has 0 aromatic rings. The molecule has 1 N–H and O–H groups in total. The molecular weight excluding hydrogens is 162 g/mol. The third kappa shape index (κ3) is 2.72. The van der Waals surface area contributed by atoms with Crippen LogP contribution in [0.5, 0.6) is 0 Å². The molecule has 10 heavy (non-hydrogen) atoms. The largest absolute Gasteiger partial charge is 0.311 e. The smallest absolute Gasteiger partial charge is 0.0249 e. The van der Waals surface area contributed by atoms with Gasteiger partial charge in [-0.3, -0.25) is 0 Å². The quantitative estimate of drug-likeness (QED) is 0.698. The Morgan fingerprint density at radius 2 is 2.40 bits per heavy atom. The number of hydrogen-bond acceptors (Lipinski definition) is 3. The molecular formula is C7H15NS2. The van der Waals surface area contributed by atoms with Crippen molar-refractivity contribution in [2.45, 2.75) is 18.2 Å². The van der Waals surface area contributed by atoms with Crippen LogP contribution in [0.25, 0.3) is 0 Å². The van der Waals surface area contributed by atoms with E-state index in [9.17, 15) is 0 Å². The van der Waals surface area contributed by atoms with E-state index in [0.29, 0.717) is 0 Å². The van der Waals surface area contributed by atoms with Crippen molar-refractivity contribution in [1.29, 1.82) is 0 Å². The second-order valence-corrected chi connectivity index (χ2v) is 5.04. The van der Waals surface area contributed by atoms with Crippen molar-refractivity contribution >= 4 is 23.5 Å². The SMILES string of the molecule is CSC(C)CNC1CSC1. The van der Waals surface area contributed by atoms with Crippen LogP contribution in [0.15, 0.2) is 0 Å². The Hall–Kier alpha value is 0.660. The monoisotopic (exact) mass is 177 g/mol. The zero-order valence-electron chi connectivity index (χ0n) is 6.59. The van der Waals surface area contributed by atoms with Gasteiger partial charge in [-0.15, -0.1) is 0 Å². The molecule has 3 heteroatoms. The summed E-state index contributed by atoms with van der Waals surface area (Å²) in [5.41, 5.74) is 0. The summed E-state index contributed by atoms with van der Waals surface area (Å²) in [6.45, 7) is 3.44. The van der Waals surface area contributed by atoms with Crippen molar-refractivity contribution < 1.29 is 0 Å². The number of thioether (sulfide) groups is 2. The average Bonchev–Trinajstić information content (AvgIpc) is 1.84. The maximum absolute atomic E-state index is 3.53. The Morgan fingerprint density at radius 3 is 2.80 bits per heavy atom. The van der Waals surface area contributed by atoms with Gasteiger partial charge in [-0.05, 0) is 6.26 Å². The minimum absolute atomic E-state index is 0.769. The lowest BCUT2D eigenvalue weighted by atomic mass is 10.3. The highest BCUT2D eigenvalue weighted by atomic mass is 32.2. The molecule has 1 fully saturated rings. The predicted octanol–water partition coefficient (Wildman–Crippen LogP) is 1.44. The summed E-state index contributed by atoms with van der Waals surface area (Å²) in [6, 6.07) is 0.819. The summed E-state index contributed by atoms with van der Waals surface area (Å²) in [7, 11) is 0. The molecule has 1 rings (SSSR count). The topological polar surface area (TPSA) is 12.0 Å². The molecule has 1 aliphatic rings. The highest BCUT2D eigenvalue weighted by molar-refractivity contribution is 8.00. The van der Waals surface area contributed by atoms with E-state index in [0.717, 1.165) is 11.3 Å². The van der Waals surface area contributed by atoms with E-state index in [-0.39, 0.29) is 0 Å². The van der Waals surface area contributed by atoms with Gasteiger partial charge in [-0.2, -0.15) is 23.5 Å². The fourth-order valence-electron chi connectivity index (χ4n) is 0.770. The standard InChI is InChI=1S/C7H15NS2/c1-6(9-2)3-8-7-4-10-5-7/h6-8H,3-5H2,1-2H3. The Balaban J connectivity index is 1.93. The van der Waals surface area contributed by atoms with Crippen molar-refractivity contribution in [1.82, 2.24) is 5.32 Å². The van der Waals surface area contributed by atoms with Gasteiger partial charge in [0.15, 0.2) is 0 Å². The second kappa shape index (κ2) is 4.52. The Morgan fingerprint density at radius 1 is 1.70 bits per heavy atom. The van der Waals surface area contributed by atoms with Crippen LogP contribution in [0, 0.1) is 0 Å². The van der Waals surface area contributed by atoms with E-state index < -0.39 is 0 Å². The van der Waals surface area contributed by atoms with Gasteiger partial charge in [0.25, 0.3) is 0 Å². The maximum atomic E-state index is 3.53. The van der Waals surface area contributed by atoms with Gasteiger partial charge in [0.2, 0.25) is 0 Å². The molecule has 1 aliphatic heterocycles. The van der Waals surface area contributed by atoms with Crippen LogP contribution < -0.4 is 5.32 Å². The fourth-order valence-corrected chi connectivity index (χ4v) is 1.74. The zero-order valence-corrected chi connectivity index (χ0v) is 8.23. The summed E-state index contributed by atoms with van der Waals surface area (Å²) in [4.78, 5) is 0. The molecule has 1 saturated heterocycles. The molecule has 0 aromatic heterocycles. The van der Waals surface area contributed by atoms with E-state index in [1.54, 1.807) is 0 Å². The van der Waals surface area contributed by atoms with E-state index in [1.165, 1.54) is 18.1 Å². The molecule has 0 aliphatic carbocycles. The van der Waals surface area contributed by atoms with Crippen LogP contribution in [-0.2, 0) is 0 Å². The summed E-state index contributed by atoms with van der Waals surface area (Å²) in [6.07, 6.45) is 2.17. The molecule has 1 heterocycles. The normalized spacial score (nSPS) is 22.2. The molecule has 0 spiro atoms. The molecule has 0 aromatic carbocycles. The van der Waals surface area contributed by atoms with Crippen LogP contribution in [0.2, 0.25) is 0 Å². The van der Waals surface area contributed by atoms with E-state index >= 15 is 0 Å². The van der Waals surface area contributed by atoms with Gasteiger partial charge in [-0.1, -0.05) is 6.92 Å². The fraction of sp³-hybridized carbons (Fsp3) is 1.00. The summed E-state index contributed by atoms with van der Waals surface area (Å²) < 4.78 is 0. The van der Waals surface area contributed by atoms with Gasteiger partial charge in [0.1, 0.15) is 0 Å². The first-order valence-corrected chi connectivity index (χ1v) is 6.11. The third-order valence-electron chi connectivity index (χ3n) is 1.73. The van der Waals surface area contributed by atoms with Crippen LogP contribution in [0.4, 0.5) is 0 Å². The first-order chi connectivity index (χ1) is 4.83. The Kier molecular flexibility index (Phi) is 3.96. The van der Waals surface area contributed by atoms with Crippen molar-refractivity contribution in [3.05, 3.63) is 0 Å². The van der Waals surface area contributed by atoms with Crippen molar-refractivity contribution in [2.24, 2.45) is 0 Å². The highest BCUT2D eigenvalue weighted by Gasteiger charge is 2.17. The maximum Gasteiger partial charge on any atom is 0.0249 e. The van der Waals surface area contributed by atoms with E-state index in [1.807, 2.05) is 23.5 Å². The van der Waals surface area contributed by atoms with Gasteiger partial charge in [-0.25, -0.2) is 0 Å². The molecule has 1 unspecified atom stereocenters. The van der Waals surface area contributed by atoms with Crippen molar-refractivity contribution in [2.75, 3.05) is 24.3 Å². The highest BCUT2D eigenvalue weighted by Crippen LogP contribution is 2.17. The Bertz CT molecular complexity index is 88.9. The number of nitrogens with one attached hydrogen (secondary N) is 1. The summed E-state index contributed by atoms with van der Waals surface area (Å²) in [5.74, 6) is 2.64. The van der Waals surface area contributed by atoms with Crippen LogP contribution in [-0.4, -0.2) is 35.6 Å². The lowest BCUT2D eigenvalue weighted by Crippen LogP contribution is -2.42. The molecule has 0 radical (unpaired) electrons. The summed E-state index contributed by atoms with van der Waals surface area (Å²) in [5, 5.41) is 4.30. The first kappa shape index (κ1) is 8.75. The summed E-state index contributed by atoms with van der Waals surface area (Å²) >= 11 is 3.97. The van der Waals surface area contributed by atoms with Crippen molar-refractivity contribution in [3.63, 3.8) is 0 Å². The lowest BCUT2D eigenvalue weighted by molar-refractivity contribution is 0.584. The minimum atomic E-state index is 0.769. The molecule has 0 saturated carbocycles. The molecule has 0 amide bonds. The van der Waals surface area contributed by atoms with E-state index in [2.05, 4.69) is 18.5 Å². The zero-order chi connectivity index (χ0) is 7.40. The van der Waals surface area contributed by atoms with Gasteiger partial charge >= 0.3 is 0 Å². The van der Waals surface area contributed by atoms with E-state index in [4.69, 9.17) is 0 Å². The molecule has 0 bridgehead atoms. The van der Waals surface area contributed by atoms with Crippen molar-refractivity contribution in [3.8, 4) is 0 Å². The number of rotatable bonds is 4. The van der Waals surface area contributed by atoms with Crippen LogP contribution in [0.1, 0.15) is 6.92 Å². The van der Waals surface area contributed by atoms with Crippen LogP contribution >= 0.6 is 23.5 Å². The predicted molar refractivity (Wildman–Crippen MR) is 52.1 cm³/mol. The van der Waals surface area contributed by atoms with Gasteiger partial charge in [0, 0.05) is 29.3 Å². The second-order valence-electron chi connectivity index (χ2n) is 2.69. The lowest BCUT2D eigenvalue weighted by Gasteiger charge is -2.27. The first-order valence-electron chi connectivity index (χ1n) is 3.67. The third-order valence-corrected chi connectivity index (χ3v) is 3.98. The molecule has 60 valence electrons. The average molecular weight is 177 g/mol. The molecule has 1 nitrogen and oxygen atoms in total. The number of hydrogen-bond donors (Lipinski definition) is 1. The molecule has 1 atom stereocenters.